The maximum Gasteiger partial charge on any atom is 0.356 e. The Balaban J connectivity index is 1.89. The zero-order valence-corrected chi connectivity index (χ0v) is 12.5. The van der Waals surface area contributed by atoms with Gasteiger partial charge in [-0.05, 0) is 6.42 Å². The van der Waals surface area contributed by atoms with Crippen LogP contribution in [-0.2, 0) is 20.8 Å². The molecule has 0 fully saturated rings. The minimum atomic E-state index is -1.02. The molecule has 1 heterocycles. The SMILES string of the molecule is CCCCOCCOCCOCCn1cnc(C(=O)O)c1. The Kier molecular flexibility index (Phi) is 9.43. The average Bonchev–Trinajstić information content (AvgIpc) is 2.94. The van der Waals surface area contributed by atoms with Gasteiger partial charge < -0.3 is 23.9 Å². The van der Waals surface area contributed by atoms with E-state index in [9.17, 15) is 4.79 Å². The molecule has 0 spiro atoms. The summed E-state index contributed by atoms with van der Waals surface area (Å²) in [6.45, 7) is 6.22. The van der Waals surface area contributed by atoms with Gasteiger partial charge in [0.1, 0.15) is 0 Å². The summed E-state index contributed by atoms with van der Waals surface area (Å²) in [5.41, 5.74) is 0.0430. The lowest BCUT2D eigenvalue weighted by Crippen LogP contribution is -2.12. The third-order valence-corrected chi connectivity index (χ3v) is 2.73. The molecule has 1 aromatic heterocycles. The van der Waals surface area contributed by atoms with Crippen molar-refractivity contribution < 1.29 is 24.1 Å². The molecule has 0 aliphatic carbocycles. The number of hydrogen-bond donors (Lipinski definition) is 1. The summed E-state index contributed by atoms with van der Waals surface area (Å²) < 4.78 is 17.8. The maximum atomic E-state index is 10.6. The van der Waals surface area contributed by atoms with E-state index in [0.29, 0.717) is 39.6 Å². The summed E-state index contributed by atoms with van der Waals surface area (Å²) in [6, 6.07) is 0. The third-order valence-electron chi connectivity index (χ3n) is 2.73. The average molecular weight is 300 g/mol. The predicted octanol–water partition coefficient (Wildman–Crippen LogP) is 1.43. The first-order chi connectivity index (χ1) is 10.2. The van der Waals surface area contributed by atoms with E-state index >= 15 is 0 Å². The van der Waals surface area contributed by atoms with E-state index in [0.717, 1.165) is 19.4 Å². The molecule has 7 nitrogen and oxygen atoms in total. The van der Waals surface area contributed by atoms with Crippen molar-refractivity contribution in [2.75, 3.05) is 39.6 Å². The quantitative estimate of drug-likeness (QED) is 0.555. The van der Waals surface area contributed by atoms with Crippen LogP contribution in [0.2, 0.25) is 0 Å². The van der Waals surface area contributed by atoms with Gasteiger partial charge in [0.25, 0.3) is 0 Å². The normalized spacial score (nSPS) is 10.9. The Hall–Kier alpha value is -1.44. The molecule has 0 aliphatic rings. The van der Waals surface area contributed by atoms with Crippen molar-refractivity contribution in [2.24, 2.45) is 0 Å². The molecule has 0 saturated heterocycles. The molecule has 0 saturated carbocycles. The number of aromatic nitrogens is 2. The zero-order valence-electron chi connectivity index (χ0n) is 12.5. The standard InChI is InChI=1S/C14H24N2O5/c1-2-3-5-19-7-9-21-10-8-20-6-4-16-11-13(14(17)18)15-12-16/h11-12H,2-10H2,1H3,(H,17,18). The highest BCUT2D eigenvalue weighted by Gasteiger charge is 2.05. The Morgan fingerprint density at radius 1 is 1.14 bits per heavy atom. The van der Waals surface area contributed by atoms with Gasteiger partial charge in [-0.3, -0.25) is 0 Å². The number of carbonyl (C=O) groups is 1. The van der Waals surface area contributed by atoms with Crippen LogP contribution in [0.1, 0.15) is 30.3 Å². The molecule has 1 N–H and O–H groups in total. The minimum absolute atomic E-state index is 0.0430. The van der Waals surface area contributed by atoms with Crippen molar-refractivity contribution in [1.82, 2.24) is 9.55 Å². The second-order valence-electron chi connectivity index (χ2n) is 4.49. The smallest absolute Gasteiger partial charge is 0.356 e. The number of ether oxygens (including phenoxy) is 3. The van der Waals surface area contributed by atoms with Gasteiger partial charge in [0, 0.05) is 19.3 Å². The Morgan fingerprint density at radius 3 is 2.33 bits per heavy atom. The van der Waals surface area contributed by atoms with E-state index < -0.39 is 5.97 Å². The Labute approximate surface area is 124 Å². The van der Waals surface area contributed by atoms with Crippen molar-refractivity contribution in [3.63, 3.8) is 0 Å². The van der Waals surface area contributed by atoms with Crippen LogP contribution in [0.4, 0.5) is 0 Å². The van der Waals surface area contributed by atoms with Gasteiger partial charge in [-0.2, -0.15) is 0 Å². The van der Waals surface area contributed by atoms with E-state index in [4.69, 9.17) is 19.3 Å². The summed E-state index contributed by atoms with van der Waals surface area (Å²) in [5, 5.41) is 8.72. The number of imidazole rings is 1. The van der Waals surface area contributed by atoms with Crippen LogP contribution in [0.5, 0.6) is 0 Å². The maximum absolute atomic E-state index is 10.6. The zero-order chi connectivity index (χ0) is 15.3. The van der Waals surface area contributed by atoms with Crippen molar-refractivity contribution in [1.29, 1.82) is 0 Å². The fraction of sp³-hybridized carbons (Fsp3) is 0.714. The number of carboxylic acid groups (broad SMARTS) is 1. The van der Waals surface area contributed by atoms with Crippen molar-refractivity contribution in [3.05, 3.63) is 18.2 Å². The van der Waals surface area contributed by atoms with E-state index in [-0.39, 0.29) is 5.69 Å². The van der Waals surface area contributed by atoms with Gasteiger partial charge in [0.2, 0.25) is 0 Å². The van der Waals surface area contributed by atoms with Crippen molar-refractivity contribution in [3.8, 4) is 0 Å². The number of aromatic carboxylic acids is 1. The molecule has 1 rings (SSSR count). The third kappa shape index (κ3) is 8.44. The second kappa shape index (κ2) is 11.2. The van der Waals surface area contributed by atoms with Gasteiger partial charge in [0.05, 0.1) is 39.4 Å². The van der Waals surface area contributed by atoms with E-state index in [1.807, 2.05) is 0 Å². The van der Waals surface area contributed by atoms with Crippen LogP contribution in [0.15, 0.2) is 12.5 Å². The molecule has 0 radical (unpaired) electrons. The highest BCUT2D eigenvalue weighted by atomic mass is 16.5. The van der Waals surface area contributed by atoms with Crippen LogP contribution in [0.25, 0.3) is 0 Å². The van der Waals surface area contributed by atoms with Crippen LogP contribution in [0.3, 0.4) is 0 Å². The van der Waals surface area contributed by atoms with Crippen LogP contribution in [0, 0.1) is 0 Å². The number of nitrogens with zero attached hydrogens (tertiary/aromatic N) is 2. The molecular formula is C14H24N2O5. The molecule has 0 unspecified atom stereocenters. The Bertz CT molecular complexity index is 394. The lowest BCUT2D eigenvalue weighted by atomic mass is 10.4. The largest absolute Gasteiger partial charge is 0.476 e. The number of unbranched alkanes of at least 4 members (excludes halogenated alkanes) is 1. The van der Waals surface area contributed by atoms with Gasteiger partial charge in [0.15, 0.2) is 5.69 Å². The summed E-state index contributed by atoms with van der Waals surface area (Å²) in [6.07, 6.45) is 5.19. The molecule has 1 aromatic rings. The summed E-state index contributed by atoms with van der Waals surface area (Å²) in [4.78, 5) is 14.4. The highest BCUT2D eigenvalue weighted by molar-refractivity contribution is 5.84. The fourth-order valence-corrected chi connectivity index (χ4v) is 1.55. The molecule has 0 atom stereocenters. The molecule has 120 valence electrons. The van der Waals surface area contributed by atoms with Crippen molar-refractivity contribution >= 4 is 5.97 Å². The predicted molar refractivity (Wildman–Crippen MR) is 76.6 cm³/mol. The van der Waals surface area contributed by atoms with E-state index in [1.54, 1.807) is 4.57 Å². The second-order valence-corrected chi connectivity index (χ2v) is 4.49. The molecule has 0 amide bonds. The fourth-order valence-electron chi connectivity index (χ4n) is 1.55. The molecule has 0 bridgehead atoms. The highest BCUT2D eigenvalue weighted by Crippen LogP contribution is 1.96. The topological polar surface area (TPSA) is 82.8 Å². The summed E-state index contributed by atoms with van der Waals surface area (Å²) in [5.74, 6) is -1.02. The van der Waals surface area contributed by atoms with Gasteiger partial charge >= 0.3 is 5.97 Å². The molecule has 0 aromatic carbocycles. The van der Waals surface area contributed by atoms with Gasteiger partial charge in [-0.25, -0.2) is 9.78 Å². The number of carboxylic acids is 1. The lowest BCUT2D eigenvalue weighted by Gasteiger charge is -2.07. The lowest BCUT2D eigenvalue weighted by molar-refractivity contribution is 0.0127. The Morgan fingerprint density at radius 2 is 1.76 bits per heavy atom. The first-order valence-corrected chi connectivity index (χ1v) is 7.22. The number of hydrogen-bond acceptors (Lipinski definition) is 5. The van der Waals surface area contributed by atoms with E-state index in [2.05, 4.69) is 11.9 Å². The van der Waals surface area contributed by atoms with Crippen LogP contribution in [-0.4, -0.2) is 60.3 Å². The summed E-state index contributed by atoms with van der Waals surface area (Å²) >= 11 is 0. The van der Waals surface area contributed by atoms with Gasteiger partial charge in [-0.15, -0.1) is 0 Å². The summed E-state index contributed by atoms with van der Waals surface area (Å²) in [7, 11) is 0. The molecular weight excluding hydrogens is 276 g/mol. The van der Waals surface area contributed by atoms with Crippen LogP contribution < -0.4 is 0 Å². The molecule has 0 aliphatic heterocycles. The van der Waals surface area contributed by atoms with E-state index in [1.165, 1.54) is 12.5 Å². The van der Waals surface area contributed by atoms with Crippen LogP contribution >= 0.6 is 0 Å². The first kappa shape index (κ1) is 17.6. The van der Waals surface area contributed by atoms with Crippen molar-refractivity contribution in [2.45, 2.75) is 26.3 Å². The molecule has 21 heavy (non-hydrogen) atoms. The molecule has 7 heteroatoms. The minimum Gasteiger partial charge on any atom is -0.476 e. The number of rotatable bonds is 13. The first-order valence-electron chi connectivity index (χ1n) is 7.22. The van der Waals surface area contributed by atoms with Gasteiger partial charge in [-0.1, -0.05) is 13.3 Å². The monoisotopic (exact) mass is 300 g/mol.